The summed E-state index contributed by atoms with van der Waals surface area (Å²) >= 11 is 1.91. The number of hydrogen-bond donors (Lipinski definition) is 0. The van der Waals surface area contributed by atoms with Crippen molar-refractivity contribution in [3.8, 4) is 44.5 Å². The van der Waals surface area contributed by atoms with Crippen LogP contribution in [0.4, 0.5) is 34.1 Å². The van der Waals surface area contributed by atoms with Crippen molar-refractivity contribution < 1.29 is 4.42 Å². The zero-order valence-electron chi connectivity index (χ0n) is 48.6. The minimum absolute atomic E-state index is 0.0234. The smallest absolute Gasteiger partial charge is 0.145 e. The highest BCUT2D eigenvalue weighted by molar-refractivity contribution is 7.26. The van der Waals surface area contributed by atoms with E-state index in [-0.39, 0.29) is 10.8 Å². The molecular weight excluding hydrogens is 1050 g/mol. The second kappa shape index (κ2) is 19.2. The van der Waals surface area contributed by atoms with E-state index in [0.717, 1.165) is 61.6 Å². The fourth-order valence-corrected chi connectivity index (χ4v) is 15.4. The molecule has 12 aromatic carbocycles. The monoisotopic (exact) mass is 1110 g/mol. The predicted molar refractivity (Wildman–Crippen MR) is 361 cm³/mol. The van der Waals surface area contributed by atoms with E-state index < -0.39 is 5.41 Å². The first-order valence-corrected chi connectivity index (χ1v) is 30.5. The molecule has 0 amide bonds. The van der Waals surface area contributed by atoms with Crippen molar-refractivity contribution >= 4 is 87.6 Å². The lowest BCUT2D eigenvalue weighted by molar-refractivity contribution is 0.590. The van der Waals surface area contributed by atoms with Crippen LogP contribution in [0.5, 0.6) is 0 Å². The van der Waals surface area contributed by atoms with Crippen LogP contribution in [-0.4, -0.2) is 0 Å². The largest absolute Gasteiger partial charge is 0.455 e. The van der Waals surface area contributed by atoms with E-state index in [4.69, 9.17) is 4.42 Å². The van der Waals surface area contributed by atoms with Crippen LogP contribution in [0.1, 0.15) is 74.9 Å². The van der Waals surface area contributed by atoms with Gasteiger partial charge in [-0.25, -0.2) is 0 Å². The molecule has 14 aromatic rings. The van der Waals surface area contributed by atoms with Crippen molar-refractivity contribution in [3.05, 3.63) is 300 Å². The third kappa shape index (κ3) is 7.85. The minimum Gasteiger partial charge on any atom is -0.455 e. The topological polar surface area (TPSA) is 19.6 Å². The average Bonchev–Trinajstić information content (AvgIpc) is 1.50. The highest BCUT2D eigenvalue weighted by atomic mass is 32.1. The summed E-state index contributed by atoms with van der Waals surface area (Å²) in [6.07, 6.45) is 0. The van der Waals surface area contributed by atoms with Gasteiger partial charge in [-0.15, -0.1) is 11.3 Å². The lowest BCUT2D eigenvalue weighted by Gasteiger charge is -2.34. The molecule has 3 nitrogen and oxygen atoms in total. The van der Waals surface area contributed by atoms with E-state index in [0.29, 0.717) is 0 Å². The standard InChI is InChI=1S/C81H62N2OS/c1-79(2,3)55-37-45-59(46-38-55)82(57-41-33-53(34-42-57)51-21-9-7-10-22-51)69-49-67-75(77-73(69)63-27-15-19-31-71(63)84-77)76-68(81(67)65-29-17-13-25-61(65)62-26-14-18-30-66(62)81)50-70(74-64-28-16-20-32-72(64)85-78(74)76)83(60-47-39-56(40-48-60)80(4,5)6)58-43-35-54(36-44-58)52-23-11-8-12-24-52/h7-50H,1-6H3. The van der Waals surface area contributed by atoms with Crippen LogP contribution in [0.15, 0.2) is 271 Å². The first-order valence-electron chi connectivity index (χ1n) is 29.7. The summed E-state index contributed by atoms with van der Waals surface area (Å²) < 4.78 is 10.1. The second-order valence-corrected chi connectivity index (χ2v) is 26.2. The number of nitrogens with zero attached hydrogens (tertiary/aromatic N) is 2. The van der Waals surface area contributed by atoms with Gasteiger partial charge in [0.1, 0.15) is 11.2 Å². The van der Waals surface area contributed by atoms with Crippen LogP contribution < -0.4 is 9.80 Å². The molecule has 408 valence electrons. The highest BCUT2D eigenvalue weighted by Crippen LogP contribution is 2.68. The molecule has 0 radical (unpaired) electrons. The van der Waals surface area contributed by atoms with Crippen molar-refractivity contribution in [2.75, 3.05) is 9.80 Å². The molecule has 0 saturated carbocycles. The SMILES string of the molecule is CC(C)(C)c1ccc(N(c2ccc(-c3ccccc3)cc2)c2cc3c(c4oc5ccccc5c24)-c2c(cc(N(c4ccc(-c5ccccc5)cc4)c4ccc(C(C)(C)C)cc4)c4c2sc2ccccc24)C32c3ccccc3-c3ccccc32)cc1. The van der Waals surface area contributed by atoms with Gasteiger partial charge in [-0.2, -0.15) is 0 Å². The summed E-state index contributed by atoms with van der Waals surface area (Å²) in [7, 11) is 0. The molecule has 2 aromatic heterocycles. The van der Waals surface area contributed by atoms with Gasteiger partial charge in [0.25, 0.3) is 0 Å². The van der Waals surface area contributed by atoms with E-state index >= 15 is 0 Å². The van der Waals surface area contributed by atoms with Crippen LogP contribution in [0.25, 0.3) is 86.6 Å². The van der Waals surface area contributed by atoms with Gasteiger partial charge in [0.15, 0.2) is 0 Å². The van der Waals surface area contributed by atoms with Gasteiger partial charge < -0.3 is 14.2 Å². The van der Waals surface area contributed by atoms with Crippen molar-refractivity contribution in [1.29, 1.82) is 0 Å². The third-order valence-corrected chi connectivity index (χ3v) is 19.4. The molecule has 0 saturated heterocycles. The Labute approximate surface area is 501 Å². The first-order chi connectivity index (χ1) is 41.4. The number of hydrogen-bond acceptors (Lipinski definition) is 4. The van der Waals surface area contributed by atoms with Crippen LogP contribution in [-0.2, 0) is 16.2 Å². The average molecular weight is 1110 g/mol. The number of benzene rings is 12. The summed E-state index contributed by atoms with van der Waals surface area (Å²) in [4.78, 5) is 5.04. The Morgan fingerprint density at radius 3 is 1.26 bits per heavy atom. The molecule has 2 aliphatic rings. The molecule has 0 unspecified atom stereocenters. The fourth-order valence-electron chi connectivity index (χ4n) is 14.1. The zero-order chi connectivity index (χ0) is 57.3. The van der Waals surface area contributed by atoms with E-state index in [2.05, 4.69) is 318 Å². The van der Waals surface area contributed by atoms with Crippen LogP contribution >= 0.6 is 11.3 Å². The summed E-state index contributed by atoms with van der Waals surface area (Å²) in [6.45, 7) is 13.8. The van der Waals surface area contributed by atoms with Gasteiger partial charge in [0, 0.05) is 59.4 Å². The van der Waals surface area contributed by atoms with Gasteiger partial charge in [0.05, 0.1) is 22.2 Å². The lowest BCUT2D eigenvalue weighted by atomic mass is 9.70. The minimum atomic E-state index is -0.781. The van der Waals surface area contributed by atoms with Crippen LogP contribution in [0, 0.1) is 0 Å². The number of thiophene rings is 1. The fraction of sp³-hybridized carbons (Fsp3) is 0.111. The number of anilines is 6. The zero-order valence-corrected chi connectivity index (χ0v) is 49.4. The molecule has 0 fully saturated rings. The Balaban J connectivity index is 1.05. The molecule has 0 N–H and O–H groups in total. The van der Waals surface area contributed by atoms with Crippen LogP contribution in [0.3, 0.4) is 0 Å². The third-order valence-electron chi connectivity index (χ3n) is 18.2. The second-order valence-electron chi connectivity index (χ2n) is 25.2. The number of furan rings is 1. The Hall–Kier alpha value is -9.74. The summed E-state index contributed by atoms with van der Waals surface area (Å²) in [6, 6.07) is 99.7. The summed E-state index contributed by atoms with van der Waals surface area (Å²) in [5.74, 6) is 0. The molecule has 16 rings (SSSR count). The summed E-state index contributed by atoms with van der Waals surface area (Å²) in [5.41, 5.74) is 24.6. The molecule has 0 bridgehead atoms. The number of para-hydroxylation sites is 1. The molecule has 4 heteroatoms. The van der Waals surface area contributed by atoms with Crippen LogP contribution in [0.2, 0.25) is 0 Å². The van der Waals surface area contributed by atoms with E-state index in [1.807, 2.05) is 11.3 Å². The Bertz CT molecular complexity index is 4610. The van der Waals surface area contributed by atoms with Gasteiger partial charge >= 0.3 is 0 Å². The Morgan fingerprint density at radius 1 is 0.353 bits per heavy atom. The molecule has 0 aliphatic heterocycles. The molecular formula is C81H62N2OS. The molecule has 85 heavy (non-hydrogen) atoms. The number of rotatable bonds is 8. The Morgan fingerprint density at radius 2 is 0.753 bits per heavy atom. The van der Waals surface area contributed by atoms with Crippen molar-refractivity contribution in [2.24, 2.45) is 0 Å². The van der Waals surface area contributed by atoms with E-state index in [1.165, 1.54) is 92.5 Å². The van der Waals surface area contributed by atoms with Gasteiger partial charge in [-0.1, -0.05) is 236 Å². The number of fused-ring (bicyclic) bond motifs is 18. The first kappa shape index (κ1) is 50.9. The van der Waals surface area contributed by atoms with Crippen molar-refractivity contribution in [3.63, 3.8) is 0 Å². The molecule has 0 atom stereocenters. The van der Waals surface area contributed by atoms with E-state index in [9.17, 15) is 0 Å². The quantitative estimate of drug-likeness (QED) is 0.151. The van der Waals surface area contributed by atoms with Crippen molar-refractivity contribution in [1.82, 2.24) is 0 Å². The molecule has 2 aliphatic carbocycles. The highest BCUT2D eigenvalue weighted by Gasteiger charge is 2.54. The lowest BCUT2D eigenvalue weighted by Crippen LogP contribution is -2.26. The van der Waals surface area contributed by atoms with Gasteiger partial charge in [-0.3, -0.25) is 0 Å². The Kier molecular flexibility index (Phi) is 11.5. The maximum atomic E-state index is 7.63. The van der Waals surface area contributed by atoms with E-state index in [1.54, 1.807) is 0 Å². The molecule has 2 heterocycles. The van der Waals surface area contributed by atoms with Gasteiger partial charge in [0.2, 0.25) is 0 Å². The summed E-state index contributed by atoms with van der Waals surface area (Å²) in [5, 5.41) is 4.62. The molecule has 1 spiro atoms. The maximum absolute atomic E-state index is 7.63. The van der Waals surface area contributed by atoms with Gasteiger partial charge in [-0.05, 0) is 150 Å². The normalized spacial score (nSPS) is 13.2. The van der Waals surface area contributed by atoms with Crippen molar-refractivity contribution in [2.45, 2.75) is 57.8 Å². The maximum Gasteiger partial charge on any atom is 0.145 e. The predicted octanol–water partition coefficient (Wildman–Crippen LogP) is 23.2.